The molecule has 35 heavy (non-hydrogen) atoms. The second-order valence-corrected chi connectivity index (χ2v) is 8.69. The number of likely N-dealkylation sites (tertiary alicyclic amines) is 1. The molecular weight excluding hydrogens is 450 g/mol. The molecular formula is C27H31NO7. The summed E-state index contributed by atoms with van der Waals surface area (Å²) in [6, 6.07) is 15.7. The van der Waals surface area contributed by atoms with Crippen LogP contribution in [0.25, 0.3) is 0 Å². The van der Waals surface area contributed by atoms with Crippen LogP contribution in [0.4, 0.5) is 0 Å². The third-order valence-corrected chi connectivity index (χ3v) is 6.18. The molecule has 0 N–H and O–H groups in total. The Kier molecular flexibility index (Phi) is 7.94. The van der Waals surface area contributed by atoms with E-state index in [2.05, 4.69) is 0 Å². The van der Waals surface area contributed by atoms with Crippen LogP contribution >= 0.6 is 0 Å². The van der Waals surface area contributed by atoms with Gasteiger partial charge in [0, 0.05) is 18.1 Å². The third-order valence-electron chi connectivity index (χ3n) is 6.18. The molecule has 0 aliphatic carbocycles. The van der Waals surface area contributed by atoms with E-state index in [0.717, 1.165) is 0 Å². The number of hydrogen-bond acceptors (Lipinski definition) is 7. The van der Waals surface area contributed by atoms with Gasteiger partial charge < -0.3 is 19.1 Å². The van der Waals surface area contributed by atoms with E-state index in [0.29, 0.717) is 11.1 Å². The fourth-order valence-corrected chi connectivity index (χ4v) is 4.83. The number of esters is 3. The highest BCUT2D eigenvalue weighted by atomic mass is 16.6. The molecule has 3 rings (SSSR count). The standard InChI is InChI=1S/C27H31NO7/c1-6-34-26(32)22(17(2)3)28-23(21(24(28)30)25(31)33-5)27(35-18(4)29,19-13-9-7-10-14-19)20-15-11-8-12-16-20/h7-17,21-23H,6H2,1-5H3/t21-,22?,23+/m0/s1. The third kappa shape index (κ3) is 4.65. The van der Waals surface area contributed by atoms with Gasteiger partial charge in [0.2, 0.25) is 5.91 Å². The maximum Gasteiger partial charge on any atom is 0.329 e. The number of benzene rings is 2. The molecule has 1 aliphatic heterocycles. The molecule has 0 radical (unpaired) electrons. The molecule has 1 saturated heterocycles. The predicted molar refractivity (Wildman–Crippen MR) is 127 cm³/mol. The minimum atomic E-state index is -1.60. The van der Waals surface area contributed by atoms with Gasteiger partial charge in [-0.25, -0.2) is 4.79 Å². The monoisotopic (exact) mass is 481 g/mol. The summed E-state index contributed by atoms with van der Waals surface area (Å²) >= 11 is 0. The van der Waals surface area contributed by atoms with E-state index in [-0.39, 0.29) is 12.5 Å². The molecule has 1 aliphatic rings. The van der Waals surface area contributed by atoms with E-state index in [4.69, 9.17) is 14.2 Å². The van der Waals surface area contributed by atoms with Crippen molar-refractivity contribution >= 4 is 23.8 Å². The molecule has 3 atom stereocenters. The first kappa shape index (κ1) is 25.9. The van der Waals surface area contributed by atoms with Crippen molar-refractivity contribution in [3.05, 3.63) is 71.8 Å². The number of carbonyl (C=O) groups is 4. The van der Waals surface area contributed by atoms with E-state index in [9.17, 15) is 19.2 Å². The SMILES string of the molecule is CCOC(=O)C(C(C)C)N1C(=O)[C@@H](C(=O)OC)[C@@H]1C(OC(C)=O)(c1ccccc1)c1ccccc1. The fourth-order valence-electron chi connectivity index (χ4n) is 4.83. The Bertz CT molecular complexity index is 1030. The Morgan fingerprint density at radius 1 is 0.971 bits per heavy atom. The minimum absolute atomic E-state index is 0.127. The minimum Gasteiger partial charge on any atom is -0.468 e. The summed E-state index contributed by atoms with van der Waals surface area (Å²) in [6.07, 6.45) is 0. The van der Waals surface area contributed by atoms with E-state index >= 15 is 0 Å². The Morgan fingerprint density at radius 3 is 1.89 bits per heavy atom. The molecule has 2 aromatic carbocycles. The van der Waals surface area contributed by atoms with Crippen molar-refractivity contribution < 1.29 is 33.4 Å². The fraction of sp³-hybridized carbons (Fsp3) is 0.407. The van der Waals surface area contributed by atoms with Crippen LogP contribution < -0.4 is 0 Å². The van der Waals surface area contributed by atoms with Gasteiger partial charge in [0.1, 0.15) is 12.1 Å². The van der Waals surface area contributed by atoms with Gasteiger partial charge in [-0.15, -0.1) is 0 Å². The van der Waals surface area contributed by atoms with Crippen molar-refractivity contribution in [2.75, 3.05) is 13.7 Å². The molecule has 2 aromatic rings. The maximum absolute atomic E-state index is 13.5. The zero-order valence-electron chi connectivity index (χ0n) is 20.6. The zero-order chi connectivity index (χ0) is 25.8. The van der Waals surface area contributed by atoms with Crippen LogP contribution in [0.1, 0.15) is 38.8 Å². The number of methoxy groups -OCH3 is 1. The molecule has 0 bridgehead atoms. The maximum atomic E-state index is 13.5. The van der Waals surface area contributed by atoms with Crippen LogP contribution in [-0.2, 0) is 39.0 Å². The van der Waals surface area contributed by atoms with Gasteiger partial charge in [-0.05, 0) is 12.8 Å². The van der Waals surface area contributed by atoms with E-state index < -0.39 is 47.4 Å². The number of β-lactam (4-membered cyclic amide) rings is 1. The van der Waals surface area contributed by atoms with Gasteiger partial charge in [-0.1, -0.05) is 74.5 Å². The van der Waals surface area contributed by atoms with Crippen LogP contribution in [0.2, 0.25) is 0 Å². The van der Waals surface area contributed by atoms with Crippen molar-refractivity contribution in [2.24, 2.45) is 11.8 Å². The summed E-state index contributed by atoms with van der Waals surface area (Å²) in [4.78, 5) is 53.4. The highest BCUT2D eigenvalue weighted by Gasteiger charge is 2.67. The number of hydrogen-bond donors (Lipinski definition) is 0. The van der Waals surface area contributed by atoms with Crippen molar-refractivity contribution in [3.63, 3.8) is 0 Å². The molecule has 8 heteroatoms. The number of nitrogens with zero attached hydrogens (tertiary/aromatic N) is 1. The predicted octanol–water partition coefficient (Wildman–Crippen LogP) is 3.08. The molecule has 1 unspecified atom stereocenters. The first-order chi connectivity index (χ1) is 16.7. The molecule has 1 amide bonds. The summed E-state index contributed by atoms with van der Waals surface area (Å²) in [5.41, 5.74) is -0.505. The molecule has 1 heterocycles. The van der Waals surface area contributed by atoms with Gasteiger partial charge in [-0.2, -0.15) is 0 Å². The lowest BCUT2D eigenvalue weighted by molar-refractivity contribution is -0.206. The lowest BCUT2D eigenvalue weighted by atomic mass is 9.67. The molecule has 0 aromatic heterocycles. The van der Waals surface area contributed by atoms with Gasteiger partial charge >= 0.3 is 17.9 Å². The average molecular weight is 482 g/mol. The first-order valence-corrected chi connectivity index (χ1v) is 11.6. The summed E-state index contributed by atoms with van der Waals surface area (Å²) in [5, 5.41) is 0. The molecule has 0 saturated carbocycles. The smallest absolute Gasteiger partial charge is 0.329 e. The lowest BCUT2D eigenvalue weighted by Crippen LogP contribution is -2.75. The van der Waals surface area contributed by atoms with E-state index in [1.54, 1.807) is 69.3 Å². The number of amides is 1. The zero-order valence-corrected chi connectivity index (χ0v) is 20.6. The molecule has 0 spiro atoms. The summed E-state index contributed by atoms with van der Waals surface area (Å²) in [7, 11) is 1.19. The molecule has 186 valence electrons. The first-order valence-electron chi connectivity index (χ1n) is 11.6. The van der Waals surface area contributed by atoms with Gasteiger partial charge in [-0.3, -0.25) is 14.4 Å². The number of carbonyl (C=O) groups excluding carboxylic acids is 4. The Hall–Kier alpha value is -3.68. The number of ether oxygens (including phenoxy) is 3. The highest BCUT2D eigenvalue weighted by molar-refractivity contribution is 6.06. The van der Waals surface area contributed by atoms with Crippen molar-refractivity contribution in [1.29, 1.82) is 0 Å². The van der Waals surface area contributed by atoms with Crippen molar-refractivity contribution in [3.8, 4) is 0 Å². The Balaban J connectivity index is 2.35. The normalized spacial score (nSPS) is 18.5. The van der Waals surface area contributed by atoms with Crippen LogP contribution in [0, 0.1) is 11.8 Å². The Morgan fingerprint density at radius 2 is 1.49 bits per heavy atom. The second-order valence-electron chi connectivity index (χ2n) is 8.69. The molecule has 8 nitrogen and oxygen atoms in total. The summed E-state index contributed by atoms with van der Waals surface area (Å²) in [6.45, 7) is 6.65. The summed E-state index contributed by atoms with van der Waals surface area (Å²) < 4.78 is 16.4. The van der Waals surface area contributed by atoms with Crippen LogP contribution in [0.15, 0.2) is 60.7 Å². The van der Waals surface area contributed by atoms with Gasteiger partial charge in [0.15, 0.2) is 11.5 Å². The lowest BCUT2D eigenvalue weighted by Gasteiger charge is -2.56. The van der Waals surface area contributed by atoms with E-state index in [1.807, 2.05) is 12.1 Å². The largest absolute Gasteiger partial charge is 0.468 e. The van der Waals surface area contributed by atoms with Crippen molar-refractivity contribution in [2.45, 2.75) is 45.4 Å². The van der Waals surface area contributed by atoms with Crippen LogP contribution in [0.5, 0.6) is 0 Å². The van der Waals surface area contributed by atoms with Crippen LogP contribution in [0.3, 0.4) is 0 Å². The quantitative estimate of drug-likeness (QED) is 0.235. The Labute approximate surface area is 205 Å². The average Bonchev–Trinajstić information content (AvgIpc) is 2.84. The topological polar surface area (TPSA) is 99.2 Å². The summed E-state index contributed by atoms with van der Waals surface area (Å²) in [5.74, 6) is -4.21. The second kappa shape index (κ2) is 10.7. The van der Waals surface area contributed by atoms with Gasteiger partial charge in [0.05, 0.1) is 13.7 Å². The highest BCUT2D eigenvalue weighted by Crippen LogP contribution is 2.49. The van der Waals surface area contributed by atoms with Gasteiger partial charge in [0.25, 0.3) is 0 Å². The van der Waals surface area contributed by atoms with Crippen LogP contribution in [-0.4, -0.2) is 54.5 Å². The van der Waals surface area contributed by atoms with Crippen molar-refractivity contribution in [1.82, 2.24) is 4.90 Å². The van der Waals surface area contributed by atoms with E-state index in [1.165, 1.54) is 18.9 Å². The number of rotatable bonds is 9. The molecule has 1 fully saturated rings.